The summed E-state index contributed by atoms with van der Waals surface area (Å²) in [7, 11) is 2.01. The summed E-state index contributed by atoms with van der Waals surface area (Å²) in [6, 6.07) is 8.85. The van der Waals surface area contributed by atoms with Gasteiger partial charge in [0.1, 0.15) is 0 Å². The minimum atomic E-state index is 0.341. The highest BCUT2D eigenvalue weighted by molar-refractivity contribution is 8.02. The highest BCUT2D eigenvalue weighted by Gasteiger charge is 2.13. The molecule has 102 valence electrons. The molecule has 2 aromatic rings. The Morgan fingerprint density at radius 3 is 2.63 bits per heavy atom. The molecule has 1 heterocycles. The molecule has 0 aliphatic heterocycles. The van der Waals surface area contributed by atoms with Crippen molar-refractivity contribution in [3.63, 3.8) is 0 Å². The van der Waals surface area contributed by atoms with Gasteiger partial charge in [-0.05, 0) is 31.4 Å². The Labute approximate surface area is 126 Å². The molecule has 0 spiro atoms. The van der Waals surface area contributed by atoms with E-state index in [0.29, 0.717) is 6.04 Å². The molecule has 0 bridgehead atoms. The van der Waals surface area contributed by atoms with Crippen LogP contribution in [-0.4, -0.2) is 29.3 Å². The molecule has 0 saturated carbocycles. The number of hydrogen-bond acceptors (Lipinski definition) is 6. The maximum absolute atomic E-state index is 4.19. The normalized spacial score (nSPS) is 12.6. The molecule has 3 nitrogen and oxygen atoms in total. The van der Waals surface area contributed by atoms with Crippen molar-refractivity contribution in [2.45, 2.75) is 21.6 Å². The zero-order valence-corrected chi connectivity index (χ0v) is 13.7. The van der Waals surface area contributed by atoms with Crippen LogP contribution in [0.5, 0.6) is 0 Å². The Morgan fingerprint density at radius 1 is 1.26 bits per heavy atom. The van der Waals surface area contributed by atoms with E-state index in [1.165, 1.54) is 11.1 Å². The SMILES string of the molecule is CNC(CSc1nnc(SC)s1)c1ccccc1C. The summed E-state index contributed by atoms with van der Waals surface area (Å²) in [5, 5.41) is 11.7. The average molecular weight is 312 g/mol. The van der Waals surface area contributed by atoms with E-state index in [1.807, 2.05) is 13.3 Å². The summed E-state index contributed by atoms with van der Waals surface area (Å²) in [6.07, 6.45) is 2.03. The molecular formula is C13H17N3S3. The van der Waals surface area contributed by atoms with Gasteiger partial charge in [-0.15, -0.1) is 10.2 Å². The van der Waals surface area contributed by atoms with E-state index in [2.05, 4.69) is 46.7 Å². The van der Waals surface area contributed by atoms with Gasteiger partial charge >= 0.3 is 0 Å². The van der Waals surface area contributed by atoms with Gasteiger partial charge in [-0.3, -0.25) is 0 Å². The molecule has 0 radical (unpaired) electrons. The van der Waals surface area contributed by atoms with Crippen LogP contribution in [0.2, 0.25) is 0 Å². The van der Waals surface area contributed by atoms with E-state index in [4.69, 9.17) is 0 Å². The van der Waals surface area contributed by atoms with Gasteiger partial charge in [-0.25, -0.2) is 0 Å². The summed E-state index contributed by atoms with van der Waals surface area (Å²) >= 11 is 5.07. The highest BCUT2D eigenvalue weighted by Crippen LogP contribution is 2.30. The minimum Gasteiger partial charge on any atom is -0.312 e. The minimum absolute atomic E-state index is 0.341. The Morgan fingerprint density at radius 2 is 2.00 bits per heavy atom. The van der Waals surface area contributed by atoms with Crippen molar-refractivity contribution in [1.82, 2.24) is 15.5 Å². The van der Waals surface area contributed by atoms with Crippen LogP contribution in [0.15, 0.2) is 32.9 Å². The Kier molecular flexibility index (Phi) is 5.69. The third-order valence-electron chi connectivity index (χ3n) is 2.85. The van der Waals surface area contributed by atoms with Crippen molar-refractivity contribution in [2.24, 2.45) is 0 Å². The standard InChI is InChI=1S/C13H17N3S3/c1-9-6-4-5-7-10(9)11(14-2)8-18-13-16-15-12(17-3)19-13/h4-7,11,14H,8H2,1-3H3. The monoisotopic (exact) mass is 311 g/mol. The van der Waals surface area contributed by atoms with Crippen molar-refractivity contribution in [2.75, 3.05) is 19.1 Å². The van der Waals surface area contributed by atoms with Crippen LogP contribution in [0.4, 0.5) is 0 Å². The first-order valence-corrected chi connectivity index (χ1v) is 9.00. The molecule has 1 aromatic heterocycles. The van der Waals surface area contributed by atoms with Crippen molar-refractivity contribution < 1.29 is 0 Å². The topological polar surface area (TPSA) is 37.8 Å². The van der Waals surface area contributed by atoms with Crippen LogP contribution in [-0.2, 0) is 0 Å². The zero-order valence-electron chi connectivity index (χ0n) is 11.2. The van der Waals surface area contributed by atoms with E-state index in [1.54, 1.807) is 34.9 Å². The summed E-state index contributed by atoms with van der Waals surface area (Å²) in [5.41, 5.74) is 2.68. The molecule has 1 aromatic carbocycles. The first-order valence-electron chi connectivity index (χ1n) is 5.97. The van der Waals surface area contributed by atoms with E-state index >= 15 is 0 Å². The van der Waals surface area contributed by atoms with Gasteiger partial charge in [0.25, 0.3) is 0 Å². The van der Waals surface area contributed by atoms with Crippen LogP contribution < -0.4 is 5.32 Å². The summed E-state index contributed by atoms with van der Waals surface area (Å²) in [5.74, 6) is 0.963. The lowest BCUT2D eigenvalue weighted by Crippen LogP contribution is -2.19. The molecule has 0 aliphatic carbocycles. The smallest absolute Gasteiger partial charge is 0.175 e. The van der Waals surface area contributed by atoms with Gasteiger partial charge in [0, 0.05) is 11.8 Å². The second-order valence-corrected chi connectivity index (χ2v) is 7.34. The molecule has 6 heteroatoms. The molecule has 1 atom stereocenters. The summed E-state index contributed by atoms with van der Waals surface area (Å²) < 4.78 is 2.07. The third kappa shape index (κ3) is 3.95. The predicted octanol–water partition coefficient (Wildman–Crippen LogP) is 3.62. The number of rotatable bonds is 6. The lowest BCUT2D eigenvalue weighted by atomic mass is 10.0. The van der Waals surface area contributed by atoms with E-state index < -0.39 is 0 Å². The number of nitrogens with one attached hydrogen (secondary N) is 1. The zero-order chi connectivity index (χ0) is 13.7. The Balaban J connectivity index is 2.02. The quantitative estimate of drug-likeness (QED) is 0.825. The number of aromatic nitrogens is 2. The molecule has 1 unspecified atom stereocenters. The van der Waals surface area contributed by atoms with E-state index in [0.717, 1.165) is 14.4 Å². The molecule has 0 saturated heterocycles. The predicted molar refractivity (Wildman–Crippen MR) is 85.4 cm³/mol. The molecule has 2 rings (SSSR count). The number of thioether (sulfide) groups is 2. The maximum atomic E-state index is 4.19. The van der Waals surface area contributed by atoms with Crippen LogP contribution in [0.3, 0.4) is 0 Å². The van der Waals surface area contributed by atoms with Gasteiger partial charge in [-0.1, -0.05) is 59.1 Å². The molecular weight excluding hydrogens is 294 g/mol. The van der Waals surface area contributed by atoms with E-state index in [-0.39, 0.29) is 0 Å². The molecule has 19 heavy (non-hydrogen) atoms. The van der Waals surface area contributed by atoms with Crippen LogP contribution in [0.25, 0.3) is 0 Å². The van der Waals surface area contributed by atoms with Crippen molar-refractivity contribution in [3.8, 4) is 0 Å². The largest absolute Gasteiger partial charge is 0.312 e. The first-order chi connectivity index (χ1) is 9.24. The third-order valence-corrected chi connectivity index (χ3v) is 5.97. The molecule has 0 fully saturated rings. The second-order valence-electron chi connectivity index (χ2n) is 4.05. The lowest BCUT2D eigenvalue weighted by Gasteiger charge is -2.17. The van der Waals surface area contributed by atoms with Gasteiger partial charge in [-0.2, -0.15) is 0 Å². The average Bonchev–Trinajstić information content (AvgIpc) is 2.89. The van der Waals surface area contributed by atoms with E-state index in [9.17, 15) is 0 Å². The Hall–Kier alpha value is -0.560. The fourth-order valence-corrected chi connectivity index (χ4v) is 4.39. The maximum Gasteiger partial charge on any atom is 0.175 e. The lowest BCUT2D eigenvalue weighted by molar-refractivity contribution is 0.657. The van der Waals surface area contributed by atoms with Gasteiger partial charge in [0.05, 0.1) is 0 Å². The Bertz CT molecular complexity index is 527. The molecule has 0 amide bonds. The second kappa shape index (κ2) is 7.28. The number of aryl methyl sites for hydroxylation is 1. The first kappa shape index (κ1) is 14.8. The highest BCUT2D eigenvalue weighted by atomic mass is 32.2. The van der Waals surface area contributed by atoms with Crippen LogP contribution in [0, 0.1) is 6.92 Å². The summed E-state index contributed by atoms with van der Waals surface area (Å²) in [4.78, 5) is 0. The van der Waals surface area contributed by atoms with Crippen molar-refractivity contribution >= 4 is 34.9 Å². The van der Waals surface area contributed by atoms with Crippen molar-refractivity contribution in [3.05, 3.63) is 35.4 Å². The fourth-order valence-electron chi connectivity index (χ4n) is 1.80. The van der Waals surface area contributed by atoms with Crippen molar-refractivity contribution in [1.29, 1.82) is 0 Å². The van der Waals surface area contributed by atoms with Crippen LogP contribution in [0.1, 0.15) is 17.2 Å². The van der Waals surface area contributed by atoms with Gasteiger partial charge < -0.3 is 5.32 Å². The number of nitrogens with zero attached hydrogens (tertiary/aromatic N) is 2. The number of benzene rings is 1. The summed E-state index contributed by atoms with van der Waals surface area (Å²) in [6.45, 7) is 2.15. The molecule has 0 aliphatic rings. The van der Waals surface area contributed by atoms with Gasteiger partial charge in [0.2, 0.25) is 0 Å². The van der Waals surface area contributed by atoms with Gasteiger partial charge in [0.15, 0.2) is 8.68 Å². The van der Waals surface area contributed by atoms with Crippen LogP contribution >= 0.6 is 34.9 Å². The molecule has 1 N–H and O–H groups in total. The fraction of sp³-hybridized carbons (Fsp3) is 0.385. The number of hydrogen-bond donors (Lipinski definition) is 1.